The molecule has 0 unspecified atom stereocenters. The van der Waals surface area contributed by atoms with Crippen LogP contribution in [0.4, 0.5) is 4.79 Å². The highest BCUT2D eigenvalue weighted by Gasteiger charge is 2.37. The Hall–Kier alpha value is -3.62. The van der Waals surface area contributed by atoms with Gasteiger partial charge in [0.2, 0.25) is 0 Å². The SMILES string of the molecule is COc1cccc(CN2CC(=O)N(C(C=NCc3c(C)noc3C)=CN)C2=O)c1. The summed E-state index contributed by atoms with van der Waals surface area (Å²) in [5.74, 6) is 1.00. The van der Waals surface area contributed by atoms with Crippen molar-refractivity contribution in [1.29, 1.82) is 0 Å². The van der Waals surface area contributed by atoms with E-state index in [1.165, 1.54) is 17.3 Å². The summed E-state index contributed by atoms with van der Waals surface area (Å²) in [4.78, 5) is 32.0. The van der Waals surface area contributed by atoms with Gasteiger partial charge in [0.05, 0.1) is 25.0 Å². The lowest BCUT2D eigenvalue weighted by Gasteiger charge is -2.17. The van der Waals surface area contributed by atoms with Gasteiger partial charge in [0.15, 0.2) is 0 Å². The van der Waals surface area contributed by atoms with Crippen molar-refractivity contribution in [2.24, 2.45) is 10.7 Å². The van der Waals surface area contributed by atoms with Crippen LogP contribution in [0.25, 0.3) is 0 Å². The van der Waals surface area contributed by atoms with Crippen molar-refractivity contribution in [3.05, 3.63) is 58.7 Å². The molecule has 152 valence electrons. The smallest absolute Gasteiger partial charge is 0.332 e. The number of imide groups is 1. The molecule has 2 heterocycles. The summed E-state index contributed by atoms with van der Waals surface area (Å²) in [6.07, 6.45) is 2.61. The summed E-state index contributed by atoms with van der Waals surface area (Å²) in [6.45, 7) is 4.18. The van der Waals surface area contributed by atoms with Crippen molar-refractivity contribution in [3.63, 3.8) is 0 Å². The van der Waals surface area contributed by atoms with E-state index in [1.54, 1.807) is 14.0 Å². The van der Waals surface area contributed by atoms with E-state index in [2.05, 4.69) is 10.1 Å². The average Bonchev–Trinajstić information content (AvgIpc) is 3.18. The lowest BCUT2D eigenvalue weighted by molar-refractivity contribution is -0.123. The van der Waals surface area contributed by atoms with Crippen LogP contribution < -0.4 is 10.5 Å². The van der Waals surface area contributed by atoms with E-state index in [0.29, 0.717) is 18.1 Å². The van der Waals surface area contributed by atoms with E-state index in [9.17, 15) is 9.59 Å². The third-order valence-electron chi connectivity index (χ3n) is 4.63. The van der Waals surface area contributed by atoms with Crippen molar-refractivity contribution in [2.45, 2.75) is 26.9 Å². The number of carbonyl (C=O) groups is 2. The molecule has 0 bridgehead atoms. The zero-order valence-corrected chi connectivity index (χ0v) is 16.6. The predicted octanol–water partition coefficient (Wildman–Crippen LogP) is 2.14. The van der Waals surface area contributed by atoms with Crippen molar-refractivity contribution in [1.82, 2.24) is 15.0 Å². The van der Waals surface area contributed by atoms with Crippen LogP contribution >= 0.6 is 0 Å². The molecule has 2 N–H and O–H groups in total. The number of rotatable bonds is 7. The van der Waals surface area contributed by atoms with Crippen LogP contribution in [0.15, 0.2) is 45.7 Å². The first-order valence-corrected chi connectivity index (χ1v) is 9.02. The molecule has 0 saturated carbocycles. The van der Waals surface area contributed by atoms with Gasteiger partial charge in [-0.25, -0.2) is 9.69 Å². The van der Waals surface area contributed by atoms with E-state index in [-0.39, 0.29) is 24.7 Å². The molecule has 0 radical (unpaired) electrons. The molecule has 3 rings (SSSR count). The number of urea groups is 1. The normalized spacial score (nSPS) is 15.1. The molecule has 1 fully saturated rings. The Morgan fingerprint density at radius 1 is 1.38 bits per heavy atom. The largest absolute Gasteiger partial charge is 0.497 e. The van der Waals surface area contributed by atoms with Crippen molar-refractivity contribution >= 4 is 18.2 Å². The number of carbonyl (C=O) groups excluding carboxylic acids is 2. The molecule has 1 aliphatic rings. The van der Waals surface area contributed by atoms with E-state index in [1.807, 2.05) is 31.2 Å². The Labute approximate surface area is 168 Å². The standard InChI is InChI=1S/C20H23N5O4/c1-13-18(14(2)29-23-13)10-22-9-16(8-21)25-19(26)12-24(20(25)27)11-15-5-4-6-17(7-15)28-3/h4-9H,10-12,21H2,1-3H3. The topological polar surface area (TPSA) is 114 Å². The van der Waals surface area contributed by atoms with Gasteiger partial charge in [0.25, 0.3) is 5.91 Å². The maximum atomic E-state index is 12.8. The highest BCUT2D eigenvalue weighted by atomic mass is 16.5. The molecule has 29 heavy (non-hydrogen) atoms. The zero-order chi connectivity index (χ0) is 21.0. The van der Waals surface area contributed by atoms with Crippen LogP contribution in [0.1, 0.15) is 22.6 Å². The second-order valence-electron chi connectivity index (χ2n) is 6.58. The third-order valence-corrected chi connectivity index (χ3v) is 4.63. The van der Waals surface area contributed by atoms with Gasteiger partial charge < -0.3 is 19.9 Å². The Morgan fingerprint density at radius 3 is 2.83 bits per heavy atom. The molecule has 1 aromatic heterocycles. The Kier molecular flexibility index (Phi) is 5.96. The van der Waals surface area contributed by atoms with Crippen LogP contribution in [0, 0.1) is 13.8 Å². The lowest BCUT2D eigenvalue weighted by Crippen LogP contribution is -2.33. The molecule has 1 aromatic carbocycles. The summed E-state index contributed by atoms with van der Waals surface area (Å²) in [7, 11) is 1.58. The average molecular weight is 397 g/mol. The van der Waals surface area contributed by atoms with Crippen molar-refractivity contribution in [3.8, 4) is 5.75 Å². The van der Waals surface area contributed by atoms with Gasteiger partial charge in [-0.05, 0) is 31.5 Å². The lowest BCUT2D eigenvalue weighted by atomic mass is 10.2. The number of allylic oxidation sites excluding steroid dienone is 1. The van der Waals surface area contributed by atoms with Crippen molar-refractivity contribution in [2.75, 3.05) is 13.7 Å². The third kappa shape index (κ3) is 4.29. The molecule has 1 aliphatic heterocycles. The fourth-order valence-corrected chi connectivity index (χ4v) is 3.05. The molecule has 0 aliphatic carbocycles. The van der Waals surface area contributed by atoms with Gasteiger partial charge in [-0.1, -0.05) is 17.3 Å². The van der Waals surface area contributed by atoms with Gasteiger partial charge in [0.1, 0.15) is 18.1 Å². The van der Waals surface area contributed by atoms with Crippen LogP contribution in [0.5, 0.6) is 5.75 Å². The maximum Gasteiger partial charge on any atom is 0.332 e. The first kappa shape index (κ1) is 20.1. The molecule has 1 saturated heterocycles. The second kappa shape index (κ2) is 8.59. The number of aromatic nitrogens is 1. The van der Waals surface area contributed by atoms with Crippen LogP contribution in [-0.4, -0.2) is 46.8 Å². The minimum atomic E-state index is -0.446. The highest BCUT2D eigenvalue weighted by molar-refractivity contribution is 6.07. The van der Waals surface area contributed by atoms with Crippen LogP contribution in [0.2, 0.25) is 0 Å². The minimum Gasteiger partial charge on any atom is -0.497 e. The van der Waals surface area contributed by atoms with Crippen LogP contribution in [-0.2, 0) is 17.9 Å². The van der Waals surface area contributed by atoms with E-state index in [0.717, 1.165) is 21.7 Å². The van der Waals surface area contributed by atoms with Gasteiger partial charge >= 0.3 is 6.03 Å². The quantitative estimate of drug-likeness (QED) is 0.565. The minimum absolute atomic E-state index is 0.0366. The number of nitrogens with zero attached hydrogens (tertiary/aromatic N) is 4. The molecule has 0 atom stereocenters. The highest BCUT2D eigenvalue weighted by Crippen LogP contribution is 2.20. The number of methoxy groups -OCH3 is 1. The molecule has 0 spiro atoms. The van der Waals surface area contributed by atoms with Gasteiger partial charge in [0, 0.05) is 24.5 Å². The Bertz CT molecular complexity index is 960. The molecular weight excluding hydrogens is 374 g/mol. The summed E-state index contributed by atoms with van der Waals surface area (Å²) in [5, 5.41) is 3.88. The molecule has 9 nitrogen and oxygen atoms in total. The molecule has 2 aromatic rings. The Balaban J connectivity index is 1.71. The first-order valence-electron chi connectivity index (χ1n) is 9.02. The fraction of sp³-hybridized carbons (Fsp3) is 0.300. The van der Waals surface area contributed by atoms with Crippen LogP contribution in [0.3, 0.4) is 0 Å². The number of nitrogens with two attached hydrogens (primary N) is 1. The number of aryl methyl sites for hydroxylation is 2. The van der Waals surface area contributed by atoms with E-state index >= 15 is 0 Å². The molecular formula is C20H23N5O4. The summed E-state index contributed by atoms with van der Waals surface area (Å²) in [5.41, 5.74) is 8.35. The monoisotopic (exact) mass is 397 g/mol. The fourth-order valence-electron chi connectivity index (χ4n) is 3.05. The molecule has 3 amide bonds. The number of benzene rings is 1. The number of hydrogen-bond acceptors (Lipinski definition) is 7. The summed E-state index contributed by atoms with van der Waals surface area (Å²) in [6, 6.07) is 6.90. The van der Waals surface area contributed by atoms with E-state index in [4.69, 9.17) is 15.0 Å². The van der Waals surface area contributed by atoms with E-state index < -0.39 is 6.03 Å². The van der Waals surface area contributed by atoms with Gasteiger partial charge in [-0.3, -0.25) is 9.79 Å². The number of aliphatic imine (C=N–C) groups is 1. The predicted molar refractivity (Wildman–Crippen MR) is 106 cm³/mol. The zero-order valence-electron chi connectivity index (χ0n) is 16.6. The number of ether oxygens (including phenoxy) is 1. The number of hydrogen-bond donors (Lipinski definition) is 1. The maximum absolute atomic E-state index is 12.8. The summed E-state index contributed by atoms with van der Waals surface area (Å²) >= 11 is 0. The summed E-state index contributed by atoms with van der Waals surface area (Å²) < 4.78 is 10.3. The van der Waals surface area contributed by atoms with Gasteiger partial charge in [-0.2, -0.15) is 0 Å². The first-order chi connectivity index (χ1) is 13.9. The second-order valence-corrected chi connectivity index (χ2v) is 6.58. The molecule has 9 heteroatoms. The van der Waals surface area contributed by atoms with Gasteiger partial charge in [-0.15, -0.1) is 0 Å². The Morgan fingerprint density at radius 2 is 2.17 bits per heavy atom. The van der Waals surface area contributed by atoms with Crippen molar-refractivity contribution < 1.29 is 18.8 Å². The number of amides is 3.